The van der Waals surface area contributed by atoms with Crippen molar-refractivity contribution < 1.29 is 18.7 Å². The number of nitriles is 1. The fourth-order valence-electron chi connectivity index (χ4n) is 5.47. The third-order valence-corrected chi connectivity index (χ3v) is 7.26. The molecule has 4 atom stereocenters. The fourth-order valence-corrected chi connectivity index (χ4v) is 5.47. The van der Waals surface area contributed by atoms with Gasteiger partial charge in [0, 0.05) is 44.3 Å². The molecule has 1 saturated carbocycles. The molecule has 0 radical (unpaired) electrons. The van der Waals surface area contributed by atoms with E-state index in [0.29, 0.717) is 5.56 Å². The van der Waals surface area contributed by atoms with Gasteiger partial charge in [-0.3, -0.25) is 9.69 Å². The molecule has 2 amide bonds. The molecule has 1 aromatic carbocycles. The van der Waals surface area contributed by atoms with Crippen molar-refractivity contribution >= 4 is 17.7 Å². The minimum absolute atomic E-state index is 0.0225. The Balaban J connectivity index is 1.41. The van der Waals surface area contributed by atoms with Gasteiger partial charge >= 0.3 is 6.09 Å². The molecule has 35 heavy (non-hydrogen) atoms. The third-order valence-electron chi connectivity index (χ3n) is 7.26. The zero-order valence-electron chi connectivity index (χ0n) is 21.1. The Morgan fingerprint density at radius 1 is 1.23 bits per heavy atom. The minimum atomic E-state index is -0.897. The lowest BCUT2D eigenvalue weighted by atomic mass is 9.97. The van der Waals surface area contributed by atoms with Crippen molar-refractivity contribution in [3.05, 3.63) is 29.6 Å². The van der Waals surface area contributed by atoms with Gasteiger partial charge in [-0.1, -0.05) is 6.07 Å². The lowest BCUT2D eigenvalue weighted by Gasteiger charge is -2.35. The number of amides is 2. The summed E-state index contributed by atoms with van der Waals surface area (Å²) in [5, 5.41) is 12.5. The van der Waals surface area contributed by atoms with E-state index in [1.807, 2.05) is 6.07 Å². The number of hydrogen-bond donors (Lipinski definition) is 1. The first-order valence-electron chi connectivity index (χ1n) is 12.5. The number of likely N-dealkylation sites (N-methyl/N-ethyl adjacent to an activating group) is 1. The number of piperazine rings is 1. The SMILES string of the molecule is CN1CCN(c2ccc(CC(C#N)NC(=O)C3C4CCC(C4)N3C(=O)OC(C)(C)C)c(F)c2)CC1. The summed E-state index contributed by atoms with van der Waals surface area (Å²) in [6.07, 6.45) is 2.03. The molecule has 2 aliphatic heterocycles. The quantitative estimate of drug-likeness (QED) is 0.690. The van der Waals surface area contributed by atoms with Gasteiger partial charge in [-0.2, -0.15) is 5.26 Å². The smallest absolute Gasteiger partial charge is 0.411 e. The number of anilines is 1. The van der Waals surface area contributed by atoms with Gasteiger partial charge in [0.25, 0.3) is 0 Å². The largest absolute Gasteiger partial charge is 0.444 e. The Morgan fingerprint density at radius 3 is 2.57 bits per heavy atom. The lowest BCUT2D eigenvalue weighted by Crippen LogP contribution is -2.55. The first-order valence-corrected chi connectivity index (χ1v) is 12.5. The molecule has 1 aromatic rings. The molecule has 2 saturated heterocycles. The summed E-state index contributed by atoms with van der Waals surface area (Å²) in [5.74, 6) is -0.707. The molecule has 1 aliphatic carbocycles. The van der Waals surface area contributed by atoms with Gasteiger partial charge in [0.1, 0.15) is 23.5 Å². The van der Waals surface area contributed by atoms with Gasteiger partial charge in [-0.05, 0) is 70.7 Å². The van der Waals surface area contributed by atoms with Crippen LogP contribution in [-0.4, -0.2) is 78.8 Å². The van der Waals surface area contributed by atoms with Crippen molar-refractivity contribution in [2.24, 2.45) is 5.92 Å². The first kappa shape index (κ1) is 25.2. The Hall–Kier alpha value is -2.86. The molecule has 1 N–H and O–H groups in total. The topological polar surface area (TPSA) is 88.9 Å². The average Bonchev–Trinajstić information content (AvgIpc) is 3.41. The van der Waals surface area contributed by atoms with Crippen molar-refractivity contribution in [1.29, 1.82) is 5.26 Å². The molecule has 2 bridgehead atoms. The summed E-state index contributed by atoms with van der Waals surface area (Å²) in [6.45, 7) is 8.91. The maximum atomic E-state index is 14.9. The van der Waals surface area contributed by atoms with E-state index < -0.39 is 23.8 Å². The molecule has 4 rings (SSSR count). The number of fused-ring (bicyclic) bond motifs is 2. The monoisotopic (exact) mass is 485 g/mol. The van der Waals surface area contributed by atoms with E-state index in [2.05, 4.69) is 28.2 Å². The van der Waals surface area contributed by atoms with Crippen LogP contribution in [0.25, 0.3) is 0 Å². The molecule has 9 heteroatoms. The molecule has 0 aromatic heterocycles. The predicted molar refractivity (Wildman–Crippen MR) is 130 cm³/mol. The van der Waals surface area contributed by atoms with Crippen LogP contribution < -0.4 is 10.2 Å². The lowest BCUT2D eigenvalue weighted by molar-refractivity contribution is -0.128. The molecule has 2 heterocycles. The highest BCUT2D eigenvalue weighted by atomic mass is 19.1. The van der Waals surface area contributed by atoms with Gasteiger partial charge in [0.05, 0.1) is 6.07 Å². The van der Waals surface area contributed by atoms with Crippen molar-refractivity contribution in [3.63, 3.8) is 0 Å². The zero-order chi connectivity index (χ0) is 25.3. The van der Waals surface area contributed by atoms with E-state index in [1.165, 1.54) is 6.07 Å². The van der Waals surface area contributed by atoms with E-state index in [1.54, 1.807) is 31.7 Å². The second-order valence-electron chi connectivity index (χ2n) is 11.0. The number of carbonyl (C=O) groups excluding carboxylic acids is 2. The van der Waals surface area contributed by atoms with E-state index in [0.717, 1.165) is 51.1 Å². The maximum absolute atomic E-state index is 14.9. The van der Waals surface area contributed by atoms with Crippen LogP contribution >= 0.6 is 0 Å². The second-order valence-corrected chi connectivity index (χ2v) is 11.0. The summed E-state index contributed by atoms with van der Waals surface area (Å²) in [5.41, 5.74) is 0.543. The summed E-state index contributed by atoms with van der Waals surface area (Å²) < 4.78 is 20.5. The van der Waals surface area contributed by atoms with Crippen LogP contribution in [0, 0.1) is 23.1 Å². The Labute approximate surface area is 207 Å². The van der Waals surface area contributed by atoms with Gasteiger partial charge in [-0.15, -0.1) is 0 Å². The number of likely N-dealkylation sites (tertiary alicyclic amines) is 1. The van der Waals surface area contributed by atoms with Gasteiger partial charge < -0.3 is 19.9 Å². The normalized spacial score (nSPS) is 25.3. The molecule has 8 nitrogen and oxygen atoms in total. The standard InChI is InChI=1S/C26H36FN5O3/c1-26(2,3)35-25(34)32-21-8-6-18(14-21)23(32)24(33)29-19(16-28)13-17-5-7-20(15-22(17)27)31-11-9-30(4)10-12-31/h5,7,15,18-19,21,23H,6,8-14H2,1-4H3,(H,29,33). The first-order chi connectivity index (χ1) is 16.6. The minimum Gasteiger partial charge on any atom is -0.444 e. The van der Waals surface area contributed by atoms with Crippen LogP contribution in [0.2, 0.25) is 0 Å². The van der Waals surface area contributed by atoms with Gasteiger partial charge in [0.2, 0.25) is 5.91 Å². The maximum Gasteiger partial charge on any atom is 0.411 e. The predicted octanol–water partition coefficient (Wildman–Crippen LogP) is 2.92. The Bertz CT molecular complexity index is 996. The molecular formula is C26H36FN5O3. The number of nitrogens with one attached hydrogen (secondary N) is 1. The zero-order valence-corrected chi connectivity index (χ0v) is 21.1. The molecular weight excluding hydrogens is 449 g/mol. The van der Waals surface area contributed by atoms with Crippen LogP contribution in [0.15, 0.2) is 18.2 Å². The highest BCUT2D eigenvalue weighted by molar-refractivity contribution is 5.87. The van der Waals surface area contributed by atoms with Crippen molar-refractivity contribution in [2.75, 3.05) is 38.1 Å². The summed E-state index contributed by atoms with van der Waals surface area (Å²) in [7, 11) is 2.07. The summed E-state index contributed by atoms with van der Waals surface area (Å²) in [6, 6.07) is 5.59. The Kier molecular flexibility index (Phi) is 7.22. The number of benzene rings is 1. The highest BCUT2D eigenvalue weighted by Crippen LogP contribution is 2.43. The van der Waals surface area contributed by atoms with Crippen molar-refractivity contribution in [3.8, 4) is 6.07 Å². The van der Waals surface area contributed by atoms with Crippen LogP contribution in [0.5, 0.6) is 0 Å². The van der Waals surface area contributed by atoms with Gasteiger partial charge in [0.15, 0.2) is 0 Å². The molecule has 3 fully saturated rings. The molecule has 4 unspecified atom stereocenters. The van der Waals surface area contributed by atoms with Gasteiger partial charge in [-0.25, -0.2) is 9.18 Å². The second kappa shape index (κ2) is 10.0. The Morgan fingerprint density at radius 2 is 1.94 bits per heavy atom. The highest BCUT2D eigenvalue weighted by Gasteiger charge is 2.52. The average molecular weight is 486 g/mol. The fraction of sp³-hybridized carbons (Fsp3) is 0.654. The molecule has 0 spiro atoms. The summed E-state index contributed by atoms with van der Waals surface area (Å²) >= 11 is 0. The van der Waals surface area contributed by atoms with E-state index in [-0.39, 0.29) is 30.1 Å². The number of carbonyl (C=O) groups is 2. The van der Waals surface area contributed by atoms with Crippen LogP contribution in [0.4, 0.5) is 14.9 Å². The molecule has 190 valence electrons. The van der Waals surface area contributed by atoms with Crippen molar-refractivity contribution in [1.82, 2.24) is 15.1 Å². The number of halogens is 1. The van der Waals surface area contributed by atoms with E-state index in [4.69, 9.17) is 4.74 Å². The van der Waals surface area contributed by atoms with Crippen molar-refractivity contribution in [2.45, 2.75) is 70.2 Å². The number of nitrogens with zero attached hydrogens (tertiary/aromatic N) is 4. The van der Waals surface area contributed by atoms with E-state index in [9.17, 15) is 19.2 Å². The molecule has 3 aliphatic rings. The third kappa shape index (κ3) is 5.69. The van der Waals surface area contributed by atoms with Crippen LogP contribution in [0.1, 0.15) is 45.6 Å². The van der Waals surface area contributed by atoms with Crippen LogP contribution in [0.3, 0.4) is 0 Å². The van der Waals surface area contributed by atoms with Crippen LogP contribution in [-0.2, 0) is 16.0 Å². The number of piperidine rings is 1. The number of hydrogen-bond acceptors (Lipinski definition) is 6. The summed E-state index contributed by atoms with van der Waals surface area (Å²) in [4.78, 5) is 32.0. The number of ether oxygens (including phenoxy) is 1. The number of rotatable bonds is 5. The van der Waals surface area contributed by atoms with E-state index >= 15 is 0 Å².